The zero-order chi connectivity index (χ0) is 23.3. The molecule has 0 amide bonds. The van der Waals surface area contributed by atoms with Crippen LogP contribution < -0.4 is 11.4 Å². The maximum atomic E-state index is 13.4. The van der Waals surface area contributed by atoms with Crippen molar-refractivity contribution in [3.05, 3.63) is 122 Å². The molecule has 1 aromatic heterocycles. The fourth-order valence-corrected chi connectivity index (χ4v) is 4.55. The second kappa shape index (κ2) is 7.81. The van der Waals surface area contributed by atoms with Crippen molar-refractivity contribution in [1.82, 2.24) is 13.9 Å². The van der Waals surface area contributed by atoms with E-state index in [2.05, 4.69) is 0 Å². The van der Waals surface area contributed by atoms with Crippen LogP contribution in [0.4, 0.5) is 13.2 Å². The number of aromatic nitrogens is 3. The van der Waals surface area contributed by atoms with Crippen molar-refractivity contribution in [2.75, 3.05) is 0 Å². The van der Waals surface area contributed by atoms with Gasteiger partial charge in [-0.05, 0) is 47.5 Å². The van der Waals surface area contributed by atoms with Crippen LogP contribution in [0.2, 0.25) is 5.02 Å². The van der Waals surface area contributed by atoms with E-state index in [0.717, 1.165) is 40.0 Å². The lowest BCUT2D eigenvalue weighted by Crippen LogP contribution is -2.31. The summed E-state index contributed by atoms with van der Waals surface area (Å²) >= 11 is 6.05. The third kappa shape index (κ3) is 3.60. The molecule has 168 valence electrons. The van der Waals surface area contributed by atoms with Gasteiger partial charge in [0.15, 0.2) is 0 Å². The summed E-state index contributed by atoms with van der Waals surface area (Å²) in [6.45, 7) is 0.249. The number of hydrogen-bond acceptors (Lipinski definition) is 2. The SMILES string of the molecule is O=c1n(-c2ccc(C(F)(F)F)cc2)c(=O)n2n1CC(c1ccccc1)C2c1ccc(Cl)cc1. The molecule has 0 fully saturated rings. The molecular weight excluding hydrogens is 455 g/mol. The molecule has 2 atom stereocenters. The van der Waals surface area contributed by atoms with Crippen molar-refractivity contribution in [1.29, 1.82) is 0 Å². The first-order valence-corrected chi connectivity index (χ1v) is 10.6. The Balaban J connectivity index is 1.66. The molecule has 2 unspecified atom stereocenters. The Morgan fingerprint density at radius 3 is 2.03 bits per heavy atom. The second-order valence-corrected chi connectivity index (χ2v) is 8.32. The molecule has 0 spiro atoms. The van der Waals surface area contributed by atoms with E-state index in [-0.39, 0.29) is 18.2 Å². The maximum absolute atomic E-state index is 13.4. The van der Waals surface area contributed by atoms with Gasteiger partial charge in [-0.1, -0.05) is 54.1 Å². The van der Waals surface area contributed by atoms with E-state index in [1.54, 1.807) is 12.1 Å². The molecule has 0 N–H and O–H groups in total. The predicted molar refractivity (Wildman–Crippen MR) is 118 cm³/mol. The Morgan fingerprint density at radius 1 is 0.788 bits per heavy atom. The van der Waals surface area contributed by atoms with Gasteiger partial charge in [-0.2, -0.15) is 13.2 Å². The number of rotatable bonds is 3. The summed E-state index contributed by atoms with van der Waals surface area (Å²) in [4.78, 5) is 26.7. The molecule has 0 saturated carbocycles. The highest BCUT2D eigenvalue weighted by molar-refractivity contribution is 6.30. The van der Waals surface area contributed by atoms with Crippen molar-refractivity contribution >= 4 is 11.6 Å². The smallest absolute Gasteiger partial charge is 0.246 e. The molecule has 4 aromatic rings. The fourth-order valence-electron chi connectivity index (χ4n) is 4.43. The third-order valence-electron chi connectivity index (χ3n) is 5.97. The molecule has 1 aliphatic rings. The Hall–Kier alpha value is -3.52. The van der Waals surface area contributed by atoms with Gasteiger partial charge in [0.1, 0.15) is 0 Å². The molecule has 33 heavy (non-hydrogen) atoms. The van der Waals surface area contributed by atoms with E-state index in [9.17, 15) is 22.8 Å². The topological polar surface area (TPSA) is 48.9 Å². The van der Waals surface area contributed by atoms with Crippen LogP contribution in [0.25, 0.3) is 5.69 Å². The third-order valence-corrected chi connectivity index (χ3v) is 6.22. The van der Waals surface area contributed by atoms with Crippen LogP contribution >= 0.6 is 11.6 Å². The van der Waals surface area contributed by atoms with E-state index in [1.807, 2.05) is 42.5 Å². The fraction of sp³-hybridized carbons (Fsp3) is 0.167. The summed E-state index contributed by atoms with van der Waals surface area (Å²) in [5.41, 5.74) is -0.220. The van der Waals surface area contributed by atoms with E-state index in [4.69, 9.17) is 11.6 Å². The molecular formula is C24H17ClF3N3O2. The Bertz CT molecular complexity index is 1420. The monoisotopic (exact) mass is 471 g/mol. The number of halogens is 4. The first kappa shape index (κ1) is 21.3. The summed E-state index contributed by atoms with van der Waals surface area (Å²) in [6, 6.07) is 20.1. The van der Waals surface area contributed by atoms with E-state index >= 15 is 0 Å². The Morgan fingerprint density at radius 2 is 1.42 bits per heavy atom. The van der Waals surface area contributed by atoms with Crippen LogP contribution in [-0.4, -0.2) is 13.9 Å². The lowest BCUT2D eigenvalue weighted by atomic mass is 9.88. The highest BCUT2D eigenvalue weighted by Crippen LogP contribution is 2.39. The zero-order valence-electron chi connectivity index (χ0n) is 17.0. The van der Waals surface area contributed by atoms with E-state index in [0.29, 0.717) is 5.02 Å². The van der Waals surface area contributed by atoms with Gasteiger partial charge >= 0.3 is 17.6 Å². The van der Waals surface area contributed by atoms with Crippen molar-refractivity contribution < 1.29 is 13.2 Å². The van der Waals surface area contributed by atoms with E-state index < -0.39 is 29.2 Å². The summed E-state index contributed by atoms with van der Waals surface area (Å²) < 4.78 is 42.5. The van der Waals surface area contributed by atoms with Crippen LogP contribution in [0, 0.1) is 0 Å². The van der Waals surface area contributed by atoms with Gasteiger partial charge < -0.3 is 0 Å². The lowest BCUT2D eigenvalue weighted by Gasteiger charge is -2.20. The van der Waals surface area contributed by atoms with Gasteiger partial charge in [-0.25, -0.2) is 23.5 Å². The average Bonchev–Trinajstić information content (AvgIpc) is 3.31. The Labute approximate surface area is 190 Å². The molecule has 0 radical (unpaired) electrons. The molecule has 0 aliphatic carbocycles. The van der Waals surface area contributed by atoms with Crippen molar-refractivity contribution in [3.63, 3.8) is 0 Å². The number of alkyl halides is 3. The van der Waals surface area contributed by atoms with Crippen molar-refractivity contribution in [3.8, 4) is 5.69 Å². The Kier molecular flexibility index (Phi) is 5.05. The standard InChI is InChI=1S/C24H17ClF3N3O2/c25-18-10-6-16(7-11-18)21-20(15-4-2-1-3-5-15)14-29-22(32)30(23(33)31(21)29)19-12-8-17(9-13-19)24(26,27)28/h1-13,20-21H,14H2. The predicted octanol–water partition coefficient (Wildman–Crippen LogP) is 4.86. The zero-order valence-corrected chi connectivity index (χ0v) is 17.8. The molecule has 2 heterocycles. The van der Waals surface area contributed by atoms with E-state index in [1.165, 1.54) is 9.36 Å². The minimum absolute atomic E-state index is 0.0820. The minimum Gasteiger partial charge on any atom is -0.246 e. The van der Waals surface area contributed by atoms with Gasteiger partial charge in [0.05, 0.1) is 23.8 Å². The molecule has 0 bridgehead atoms. The minimum atomic E-state index is -4.51. The molecule has 3 aromatic carbocycles. The number of hydrogen-bond donors (Lipinski definition) is 0. The second-order valence-electron chi connectivity index (χ2n) is 7.89. The van der Waals surface area contributed by atoms with Gasteiger partial charge in [-0.15, -0.1) is 0 Å². The quantitative estimate of drug-likeness (QED) is 0.428. The summed E-state index contributed by atoms with van der Waals surface area (Å²) in [5.74, 6) is -0.185. The first-order chi connectivity index (χ1) is 15.8. The highest BCUT2D eigenvalue weighted by atomic mass is 35.5. The van der Waals surface area contributed by atoms with Gasteiger partial charge in [0.2, 0.25) is 0 Å². The lowest BCUT2D eigenvalue weighted by molar-refractivity contribution is -0.137. The normalized spacial score (nSPS) is 17.8. The van der Waals surface area contributed by atoms with Crippen LogP contribution in [0.15, 0.2) is 88.5 Å². The summed E-state index contributed by atoms with van der Waals surface area (Å²) in [6.07, 6.45) is -4.51. The van der Waals surface area contributed by atoms with Gasteiger partial charge in [-0.3, -0.25) is 0 Å². The van der Waals surface area contributed by atoms with Gasteiger partial charge in [0, 0.05) is 10.9 Å². The maximum Gasteiger partial charge on any atom is 0.416 e. The van der Waals surface area contributed by atoms with Crippen LogP contribution in [0.5, 0.6) is 0 Å². The summed E-state index contributed by atoms with van der Waals surface area (Å²) in [7, 11) is 0. The van der Waals surface area contributed by atoms with Crippen LogP contribution in [0.3, 0.4) is 0 Å². The van der Waals surface area contributed by atoms with Crippen LogP contribution in [-0.2, 0) is 12.7 Å². The largest absolute Gasteiger partial charge is 0.416 e. The van der Waals surface area contributed by atoms with Crippen molar-refractivity contribution in [2.45, 2.75) is 24.7 Å². The molecule has 5 nitrogen and oxygen atoms in total. The first-order valence-electron chi connectivity index (χ1n) is 10.2. The molecule has 5 rings (SSSR count). The average molecular weight is 472 g/mol. The summed E-state index contributed by atoms with van der Waals surface area (Å²) in [5, 5.41) is 0.542. The van der Waals surface area contributed by atoms with Crippen LogP contribution in [0.1, 0.15) is 28.7 Å². The number of benzene rings is 3. The molecule has 9 heteroatoms. The van der Waals surface area contributed by atoms with Crippen molar-refractivity contribution in [2.24, 2.45) is 0 Å². The number of fused-ring (bicyclic) bond motifs is 1. The highest BCUT2D eigenvalue weighted by Gasteiger charge is 2.39. The molecule has 1 aliphatic heterocycles. The number of nitrogens with zero attached hydrogens (tertiary/aromatic N) is 3. The molecule has 0 saturated heterocycles. The van der Waals surface area contributed by atoms with Gasteiger partial charge in [0.25, 0.3) is 0 Å².